The number of hydrogen-bond acceptors (Lipinski definition) is 4. The van der Waals surface area contributed by atoms with Crippen molar-refractivity contribution < 1.29 is 14.2 Å². The molecule has 1 aliphatic heterocycles. The van der Waals surface area contributed by atoms with E-state index in [2.05, 4.69) is 20.9 Å². The molecule has 8 heteroatoms. The minimum Gasteiger partial charge on any atom is -0.394 e. The van der Waals surface area contributed by atoms with Crippen molar-refractivity contribution in [2.24, 2.45) is 0 Å². The highest BCUT2D eigenvalue weighted by Gasteiger charge is 2.36. The van der Waals surface area contributed by atoms with E-state index in [1.807, 2.05) is 0 Å². The highest BCUT2D eigenvalue weighted by atomic mass is 79.9. The van der Waals surface area contributed by atoms with E-state index in [1.54, 1.807) is 0 Å². The standard InChI is InChI=1S/C9H10BrFN2O4/c10-4-2-13(9(16)12-8(4)15)7-1-5(11)6(3-14)17-7/h2,5-7,14H,1,3H2,(H,12,15,16)/t5-,6+,7+/m0/s1. The van der Waals surface area contributed by atoms with Crippen molar-refractivity contribution in [1.82, 2.24) is 9.55 Å². The quantitative estimate of drug-likeness (QED) is 0.800. The van der Waals surface area contributed by atoms with Gasteiger partial charge in [0.15, 0.2) is 0 Å². The Kier molecular flexibility index (Phi) is 3.45. The van der Waals surface area contributed by atoms with Crippen LogP contribution < -0.4 is 11.2 Å². The Labute approximate surface area is 103 Å². The maximum Gasteiger partial charge on any atom is 0.330 e. The van der Waals surface area contributed by atoms with Gasteiger partial charge in [-0.1, -0.05) is 0 Å². The lowest BCUT2D eigenvalue weighted by molar-refractivity contribution is -0.0356. The lowest BCUT2D eigenvalue weighted by Gasteiger charge is -2.14. The number of H-pyrrole nitrogens is 1. The number of aliphatic hydroxyl groups is 1. The summed E-state index contributed by atoms with van der Waals surface area (Å²) in [5.41, 5.74) is -1.23. The first kappa shape index (κ1) is 12.5. The summed E-state index contributed by atoms with van der Waals surface area (Å²) in [6.07, 6.45) is -1.87. The van der Waals surface area contributed by atoms with Gasteiger partial charge in [-0.25, -0.2) is 9.18 Å². The summed E-state index contributed by atoms with van der Waals surface area (Å²) in [7, 11) is 0. The Morgan fingerprint density at radius 2 is 2.35 bits per heavy atom. The van der Waals surface area contributed by atoms with Crippen LogP contribution in [0.25, 0.3) is 0 Å². The monoisotopic (exact) mass is 308 g/mol. The zero-order valence-electron chi connectivity index (χ0n) is 8.60. The maximum atomic E-state index is 13.4. The number of alkyl halides is 1. The van der Waals surface area contributed by atoms with Crippen molar-refractivity contribution in [1.29, 1.82) is 0 Å². The molecule has 2 rings (SSSR count). The van der Waals surface area contributed by atoms with Crippen LogP contribution in [-0.4, -0.2) is 33.5 Å². The molecule has 1 aromatic heterocycles. The van der Waals surface area contributed by atoms with E-state index in [-0.39, 0.29) is 10.9 Å². The van der Waals surface area contributed by atoms with Crippen LogP contribution in [0.4, 0.5) is 4.39 Å². The van der Waals surface area contributed by atoms with Crippen LogP contribution in [0, 0.1) is 0 Å². The van der Waals surface area contributed by atoms with Crippen molar-refractivity contribution in [3.05, 3.63) is 31.5 Å². The van der Waals surface area contributed by atoms with Gasteiger partial charge in [-0.05, 0) is 15.9 Å². The Morgan fingerprint density at radius 3 is 2.94 bits per heavy atom. The third kappa shape index (κ3) is 2.33. The highest BCUT2D eigenvalue weighted by molar-refractivity contribution is 9.10. The number of aromatic amines is 1. The van der Waals surface area contributed by atoms with Gasteiger partial charge < -0.3 is 9.84 Å². The van der Waals surface area contributed by atoms with Crippen molar-refractivity contribution in [3.8, 4) is 0 Å². The van der Waals surface area contributed by atoms with E-state index >= 15 is 0 Å². The Morgan fingerprint density at radius 1 is 1.65 bits per heavy atom. The van der Waals surface area contributed by atoms with Gasteiger partial charge in [-0.3, -0.25) is 14.3 Å². The van der Waals surface area contributed by atoms with Gasteiger partial charge >= 0.3 is 5.69 Å². The molecular formula is C9H10BrFN2O4. The van der Waals surface area contributed by atoms with Crippen LogP contribution in [0.3, 0.4) is 0 Å². The summed E-state index contributed by atoms with van der Waals surface area (Å²) in [5, 5.41) is 8.85. The number of aliphatic hydroxyl groups excluding tert-OH is 1. The van der Waals surface area contributed by atoms with Gasteiger partial charge in [0.05, 0.1) is 11.1 Å². The maximum absolute atomic E-state index is 13.4. The predicted octanol–water partition coefficient (Wildman–Crippen LogP) is -0.0830. The molecule has 0 bridgehead atoms. The molecule has 1 saturated heterocycles. The number of hydrogen-bond donors (Lipinski definition) is 2. The van der Waals surface area contributed by atoms with Gasteiger partial charge in [-0.15, -0.1) is 0 Å². The molecule has 6 nitrogen and oxygen atoms in total. The average Bonchev–Trinajstić information content (AvgIpc) is 2.65. The van der Waals surface area contributed by atoms with Gasteiger partial charge in [0, 0.05) is 12.6 Å². The second kappa shape index (κ2) is 4.71. The number of nitrogens with zero attached hydrogens (tertiary/aromatic N) is 1. The molecule has 17 heavy (non-hydrogen) atoms. The Hall–Kier alpha value is -0.990. The van der Waals surface area contributed by atoms with Crippen molar-refractivity contribution in [2.45, 2.75) is 24.9 Å². The van der Waals surface area contributed by atoms with Gasteiger partial charge in [0.1, 0.15) is 18.5 Å². The zero-order chi connectivity index (χ0) is 12.6. The van der Waals surface area contributed by atoms with Gasteiger partial charge in [0.2, 0.25) is 0 Å². The number of nitrogens with one attached hydrogen (secondary N) is 1. The summed E-state index contributed by atoms with van der Waals surface area (Å²) in [4.78, 5) is 24.7. The topological polar surface area (TPSA) is 84.3 Å². The largest absolute Gasteiger partial charge is 0.394 e. The Balaban J connectivity index is 2.34. The fourth-order valence-electron chi connectivity index (χ4n) is 1.70. The number of ether oxygens (including phenoxy) is 1. The van der Waals surface area contributed by atoms with Crippen LogP contribution in [0.2, 0.25) is 0 Å². The summed E-state index contributed by atoms with van der Waals surface area (Å²) in [5.74, 6) is 0. The molecule has 2 N–H and O–H groups in total. The van der Waals surface area contributed by atoms with E-state index in [4.69, 9.17) is 9.84 Å². The highest BCUT2D eigenvalue weighted by Crippen LogP contribution is 2.29. The molecule has 0 amide bonds. The Bertz CT molecular complexity index is 528. The van der Waals surface area contributed by atoms with Crippen LogP contribution >= 0.6 is 15.9 Å². The first-order chi connectivity index (χ1) is 8.02. The summed E-state index contributed by atoms with van der Waals surface area (Å²) in [6.45, 7) is -0.447. The second-order valence-corrected chi connectivity index (χ2v) is 4.56. The molecule has 3 atom stereocenters. The lowest BCUT2D eigenvalue weighted by Crippen LogP contribution is -2.32. The summed E-state index contributed by atoms with van der Waals surface area (Å²) >= 11 is 2.97. The fourth-order valence-corrected chi connectivity index (χ4v) is 2.02. The molecule has 0 spiro atoms. The van der Waals surface area contributed by atoms with Crippen LogP contribution in [0.5, 0.6) is 0 Å². The van der Waals surface area contributed by atoms with E-state index in [1.165, 1.54) is 6.20 Å². The number of aromatic nitrogens is 2. The molecule has 1 aromatic rings. The number of halogens is 2. The first-order valence-electron chi connectivity index (χ1n) is 4.94. The first-order valence-corrected chi connectivity index (χ1v) is 5.73. The van der Waals surface area contributed by atoms with Crippen molar-refractivity contribution in [2.75, 3.05) is 6.61 Å². The molecular weight excluding hydrogens is 299 g/mol. The smallest absolute Gasteiger partial charge is 0.330 e. The minimum atomic E-state index is -1.33. The molecule has 0 radical (unpaired) electrons. The third-order valence-corrected chi connectivity index (χ3v) is 3.14. The van der Waals surface area contributed by atoms with Crippen molar-refractivity contribution in [3.63, 3.8) is 0 Å². The summed E-state index contributed by atoms with van der Waals surface area (Å²) < 4.78 is 19.8. The molecule has 0 unspecified atom stereocenters. The minimum absolute atomic E-state index is 0.0381. The third-order valence-electron chi connectivity index (χ3n) is 2.58. The molecule has 0 saturated carbocycles. The van der Waals surface area contributed by atoms with Crippen LogP contribution in [0.15, 0.2) is 20.3 Å². The predicted molar refractivity (Wildman–Crippen MR) is 59.5 cm³/mol. The fraction of sp³-hybridized carbons (Fsp3) is 0.556. The van der Waals surface area contributed by atoms with Gasteiger partial charge in [-0.2, -0.15) is 0 Å². The van der Waals surface area contributed by atoms with Gasteiger partial charge in [0.25, 0.3) is 5.56 Å². The lowest BCUT2D eigenvalue weighted by atomic mass is 10.2. The molecule has 1 fully saturated rings. The normalized spacial score (nSPS) is 28.5. The molecule has 0 aromatic carbocycles. The summed E-state index contributed by atoms with van der Waals surface area (Å²) in [6, 6.07) is 0. The molecule has 2 heterocycles. The van der Waals surface area contributed by atoms with E-state index in [0.29, 0.717) is 0 Å². The zero-order valence-corrected chi connectivity index (χ0v) is 10.2. The van der Waals surface area contributed by atoms with Crippen LogP contribution in [-0.2, 0) is 4.74 Å². The van der Waals surface area contributed by atoms with E-state index < -0.39 is 36.4 Å². The SMILES string of the molecule is O=c1[nH]c(=O)n([C@H]2C[C@H](F)[C@@H](CO)O2)cc1Br. The number of rotatable bonds is 2. The average molecular weight is 309 g/mol. The van der Waals surface area contributed by atoms with Crippen LogP contribution in [0.1, 0.15) is 12.6 Å². The molecule has 0 aliphatic carbocycles. The van der Waals surface area contributed by atoms with E-state index in [9.17, 15) is 14.0 Å². The second-order valence-electron chi connectivity index (χ2n) is 3.71. The van der Waals surface area contributed by atoms with E-state index in [0.717, 1.165) is 4.57 Å². The van der Waals surface area contributed by atoms with Crippen molar-refractivity contribution >= 4 is 15.9 Å². The molecule has 1 aliphatic rings. The molecule has 94 valence electrons.